The number of phenolic OH excluding ortho intramolecular Hbond substituents is 1. The standard InChI is InChI=1S/C51H84N8O7S.CO2/c1-9-12-13-14-15-16-20-39(33-45(36(4)5)59(8)51(64)41(37(6)11-3)34-47(61)44-21-17-18-26-58(44)7)50-56-43(35-67-50)49(63)54-40(19-10-2)31-38-22-23-46(60)42(32-38)55-48(62)24-27-65-29-30-66-28-25-53-57-52;2-1-3/h22-23,32,35-37,39-41,44-45,60H,9-21,24-31,33-34H2,1-8H3,(H,54,63)(H,55,62);/t37-,39+,40+,41-,44+,45+;/m0./s1. The van der Waals surface area contributed by atoms with Gasteiger partial charge in [0.05, 0.1) is 49.6 Å². The van der Waals surface area contributed by atoms with Gasteiger partial charge in [0.15, 0.2) is 5.78 Å². The van der Waals surface area contributed by atoms with Gasteiger partial charge < -0.3 is 30.1 Å². The van der Waals surface area contributed by atoms with Crippen LogP contribution in [0.4, 0.5) is 5.69 Å². The third kappa shape index (κ3) is 22.6. The number of azide groups is 1. The summed E-state index contributed by atoms with van der Waals surface area (Å²) < 4.78 is 10.8. The summed E-state index contributed by atoms with van der Waals surface area (Å²) in [6.07, 6.45) is 15.1. The molecule has 2 aromatic rings. The summed E-state index contributed by atoms with van der Waals surface area (Å²) in [6.45, 7) is 15.1. The van der Waals surface area contributed by atoms with Crippen LogP contribution in [0.25, 0.3) is 10.4 Å². The van der Waals surface area contributed by atoms with E-state index >= 15 is 0 Å². The fourth-order valence-corrected chi connectivity index (χ4v) is 10.1. The molecule has 1 aliphatic rings. The largest absolute Gasteiger partial charge is 0.506 e. The minimum absolute atomic E-state index is 0.0481. The van der Waals surface area contributed by atoms with E-state index in [-0.39, 0.29) is 115 Å². The number of carbonyl (C=O) groups excluding carboxylic acids is 6. The molecule has 2 heterocycles. The van der Waals surface area contributed by atoms with Crippen LogP contribution in [0.15, 0.2) is 28.7 Å². The summed E-state index contributed by atoms with van der Waals surface area (Å²) in [5.74, 6) is -0.467. The van der Waals surface area contributed by atoms with Crippen molar-refractivity contribution in [2.75, 3.05) is 58.9 Å². The monoisotopic (exact) mass is 997 g/mol. The smallest absolute Gasteiger partial charge is 0.373 e. The van der Waals surface area contributed by atoms with E-state index in [4.69, 9.17) is 29.6 Å². The quantitative estimate of drug-likeness (QED) is 0.0196. The number of thiazole rings is 1. The maximum absolute atomic E-state index is 14.6. The molecular weight excluding hydrogens is 913 g/mol. The molecule has 1 aromatic heterocycles. The third-order valence-electron chi connectivity index (χ3n) is 13.4. The van der Waals surface area contributed by atoms with Crippen LogP contribution < -0.4 is 10.6 Å². The predicted octanol–water partition coefficient (Wildman–Crippen LogP) is 9.89. The van der Waals surface area contributed by atoms with Crippen LogP contribution in [0, 0.1) is 17.8 Å². The van der Waals surface area contributed by atoms with E-state index < -0.39 is 0 Å². The van der Waals surface area contributed by atoms with Crippen LogP contribution in [0.3, 0.4) is 0 Å². The molecule has 70 heavy (non-hydrogen) atoms. The molecule has 0 saturated carbocycles. The number of unbranched alkanes of at least 4 members (excludes halogenated alkanes) is 5. The van der Waals surface area contributed by atoms with Crippen molar-refractivity contribution in [1.82, 2.24) is 20.1 Å². The molecule has 0 spiro atoms. The van der Waals surface area contributed by atoms with Crippen molar-refractivity contribution >= 4 is 46.7 Å². The van der Waals surface area contributed by atoms with E-state index in [1.165, 1.54) is 37.0 Å². The number of carbonyl (C=O) groups is 4. The Morgan fingerprint density at radius 1 is 1.00 bits per heavy atom. The van der Waals surface area contributed by atoms with E-state index in [0.717, 1.165) is 81.3 Å². The zero-order valence-electron chi connectivity index (χ0n) is 43.4. The summed E-state index contributed by atoms with van der Waals surface area (Å²) in [4.78, 5) is 83.0. The highest BCUT2D eigenvalue weighted by Crippen LogP contribution is 2.35. The molecule has 0 aliphatic carbocycles. The molecule has 1 aliphatic heterocycles. The van der Waals surface area contributed by atoms with E-state index in [0.29, 0.717) is 25.3 Å². The lowest BCUT2D eigenvalue weighted by atomic mass is 9.82. The zero-order chi connectivity index (χ0) is 51.8. The molecule has 3 rings (SSSR count). The molecule has 3 amide bonds. The van der Waals surface area contributed by atoms with Gasteiger partial charge in [0.25, 0.3) is 5.91 Å². The van der Waals surface area contributed by atoms with Crippen molar-refractivity contribution in [3.05, 3.63) is 50.3 Å². The summed E-state index contributed by atoms with van der Waals surface area (Å²) in [6, 6.07) is 4.67. The molecule has 1 aromatic carbocycles. The molecule has 0 radical (unpaired) electrons. The molecule has 0 unspecified atom stereocenters. The molecule has 1 fully saturated rings. The SMILES string of the molecule is CCCCCCCC[C@H](C[C@H](C(C)C)N(C)C(=O)[C@@H](CC(=O)[C@H]1CCCCN1C)[C@@H](C)CC)c1nc(C(=O)N[C@H](CCC)Cc2ccc(O)c(NC(=O)CCOCCOCCN=[N+]=[N-])c2)cs1.O=C=O. The lowest BCUT2D eigenvalue weighted by Crippen LogP contribution is -2.48. The summed E-state index contributed by atoms with van der Waals surface area (Å²) >= 11 is 1.52. The van der Waals surface area contributed by atoms with Crippen molar-refractivity contribution in [3.8, 4) is 5.75 Å². The number of likely N-dealkylation sites (tertiary alicyclic amines) is 1. The number of anilines is 1. The molecule has 1 saturated heterocycles. The van der Waals surface area contributed by atoms with Gasteiger partial charge in [0.2, 0.25) is 11.8 Å². The number of aromatic hydroxyl groups is 1. The van der Waals surface area contributed by atoms with Crippen molar-refractivity contribution in [2.45, 2.75) is 175 Å². The molecular formula is C52H84N8O9S. The number of phenols is 1. The van der Waals surface area contributed by atoms with Gasteiger partial charge in [0, 0.05) is 54.2 Å². The Morgan fingerprint density at radius 3 is 2.36 bits per heavy atom. The lowest BCUT2D eigenvalue weighted by molar-refractivity contribution is -0.191. The van der Waals surface area contributed by atoms with Crippen LogP contribution in [0.1, 0.15) is 171 Å². The Hall–Kier alpha value is -4.70. The van der Waals surface area contributed by atoms with Gasteiger partial charge in [-0.25, -0.2) is 4.98 Å². The van der Waals surface area contributed by atoms with Crippen LogP contribution >= 0.6 is 11.3 Å². The number of piperidine rings is 1. The van der Waals surface area contributed by atoms with Gasteiger partial charge in [-0.05, 0) is 87.2 Å². The van der Waals surface area contributed by atoms with Crippen molar-refractivity contribution < 1.29 is 43.3 Å². The first kappa shape index (κ1) is 61.4. The number of aromatic nitrogens is 1. The molecule has 3 N–H and O–H groups in total. The second kappa shape index (κ2) is 35.4. The molecule has 392 valence electrons. The highest BCUT2D eigenvalue weighted by atomic mass is 32.1. The van der Waals surface area contributed by atoms with Crippen LogP contribution in [0.2, 0.25) is 0 Å². The number of Topliss-reactive ketones (excluding diaryl/α,β-unsaturated/α-hetero) is 1. The fraction of sp³-hybridized carbons (Fsp3) is 0.731. The van der Waals surface area contributed by atoms with Crippen molar-refractivity contribution in [2.24, 2.45) is 22.9 Å². The highest BCUT2D eigenvalue weighted by molar-refractivity contribution is 7.09. The van der Waals surface area contributed by atoms with Gasteiger partial charge in [-0.2, -0.15) is 9.59 Å². The first-order chi connectivity index (χ1) is 33.6. The molecule has 6 atom stereocenters. The maximum atomic E-state index is 14.6. The fourth-order valence-electron chi connectivity index (χ4n) is 9.12. The predicted molar refractivity (Wildman–Crippen MR) is 274 cm³/mol. The number of rotatable bonds is 34. The summed E-state index contributed by atoms with van der Waals surface area (Å²) in [5, 5.41) is 22.7. The number of ether oxygens (including phenoxy) is 2. The van der Waals surface area contributed by atoms with E-state index in [1.807, 2.05) is 24.4 Å². The van der Waals surface area contributed by atoms with E-state index in [2.05, 4.69) is 67.1 Å². The van der Waals surface area contributed by atoms with Gasteiger partial charge >= 0.3 is 6.15 Å². The zero-order valence-corrected chi connectivity index (χ0v) is 44.2. The van der Waals surface area contributed by atoms with E-state index in [9.17, 15) is 24.3 Å². The van der Waals surface area contributed by atoms with Crippen molar-refractivity contribution in [1.29, 1.82) is 0 Å². The van der Waals surface area contributed by atoms with Gasteiger partial charge in [0.1, 0.15) is 11.4 Å². The van der Waals surface area contributed by atoms with Crippen LogP contribution in [-0.2, 0) is 39.9 Å². The third-order valence-corrected chi connectivity index (χ3v) is 14.4. The van der Waals surface area contributed by atoms with Crippen molar-refractivity contribution in [3.63, 3.8) is 0 Å². The second-order valence-corrected chi connectivity index (χ2v) is 19.9. The first-order valence-corrected chi connectivity index (χ1v) is 26.6. The van der Waals surface area contributed by atoms with Gasteiger partial charge in [-0.3, -0.25) is 24.1 Å². The van der Waals surface area contributed by atoms with Crippen LogP contribution in [-0.4, -0.2) is 121 Å². The average molecular weight is 997 g/mol. The number of ketones is 1. The average Bonchev–Trinajstić information content (AvgIpc) is 3.84. The first-order valence-electron chi connectivity index (χ1n) is 25.7. The second-order valence-electron chi connectivity index (χ2n) is 19.1. The number of amides is 3. The Labute approximate surface area is 421 Å². The Kier molecular flexibility index (Phi) is 31.1. The van der Waals surface area contributed by atoms with E-state index in [1.54, 1.807) is 18.2 Å². The Balaban J connectivity index is 0.00000545. The normalized spacial score (nSPS) is 15.8. The maximum Gasteiger partial charge on any atom is 0.373 e. The number of nitrogens with one attached hydrogen (secondary N) is 2. The number of benzene rings is 1. The molecule has 17 nitrogen and oxygen atoms in total. The summed E-state index contributed by atoms with van der Waals surface area (Å²) in [7, 11) is 3.96. The topological polar surface area (TPSA) is 233 Å². The minimum Gasteiger partial charge on any atom is -0.506 e. The number of hydrogen-bond acceptors (Lipinski definition) is 13. The lowest BCUT2D eigenvalue weighted by Gasteiger charge is -2.38. The Morgan fingerprint density at radius 2 is 1.70 bits per heavy atom. The number of likely N-dealkylation sites (N-methyl/N-ethyl adjacent to an activating group) is 1. The molecule has 18 heteroatoms. The number of hydrogen-bond donors (Lipinski definition) is 3. The minimum atomic E-state index is -0.375. The van der Waals surface area contributed by atoms with Crippen LogP contribution in [0.5, 0.6) is 5.75 Å². The van der Waals surface area contributed by atoms with Gasteiger partial charge in [-0.15, -0.1) is 11.3 Å². The summed E-state index contributed by atoms with van der Waals surface area (Å²) in [5.41, 5.74) is 9.83. The molecule has 0 bridgehead atoms. The number of nitrogens with zero attached hydrogens (tertiary/aromatic N) is 6. The highest BCUT2D eigenvalue weighted by Gasteiger charge is 2.37. The van der Waals surface area contributed by atoms with Gasteiger partial charge in [-0.1, -0.05) is 111 Å². The Bertz CT molecular complexity index is 1940.